The van der Waals surface area contributed by atoms with Crippen molar-refractivity contribution < 1.29 is 4.79 Å². The highest BCUT2D eigenvalue weighted by Crippen LogP contribution is 2.34. The fourth-order valence-electron chi connectivity index (χ4n) is 2.10. The van der Waals surface area contributed by atoms with Crippen molar-refractivity contribution in [3.8, 4) is 0 Å². The van der Waals surface area contributed by atoms with Crippen LogP contribution in [0.15, 0.2) is 36.4 Å². The van der Waals surface area contributed by atoms with E-state index in [0.29, 0.717) is 6.54 Å². The predicted octanol–water partition coefficient (Wildman–Crippen LogP) is 3.44. The van der Waals surface area contributed by atoms with Gasteiger partial charge in [0.05, 0.1) is 9.58 Å². The van der Waals surface area contributed by atoms with E-state index < -0.39 is 0 Å². The molecule has 3 N–H and O–H groups in total. The standard InChI is InChI=1S/C16H18N4OS2/c1-17-8-5-9-18-14(21)12-10-13-15(22-12)20-16(23-13)19-11-6-3-2-4-7-11/h2-4,6-7,10,17H,5,8-9H2,1H3,(H,18,21)(H,19,20). The number of thiophene rings is 1. The molecule has 0 aliphatic rings. The van der Waals surface area contributed by atoms with E-state index in [4.69, 9.17) is 0 Å². The summed E-state index contributed by atoms with van der Waals surface area (Å²) in [6.07, 6.45) is 0.922. The van der Waals surface area contributed by atoms with Gasteiger partial charge >= 0.3 is 0 Å². The van der Waals surface area contributed by atoms with Crippen LogP contribution in [0.3, 0.4) is 0 Å². The Bertz CT molecular complexity index is 750. The molecule has 0 bridgehead atoms. The maximum Gasteiger partial charge on any atom is 0.261 e. The van der Waals surface area contributed by atoms with Crippen molar-refractivity contribution in [2.75, 3.05) is 25.5 Å². The Morgan fingerprint density at radius 1 is 1.17 bits per heavy atom. The van der Waals surface area contributed by atoms with Crippen LogP contribution in [0.2, 0.25) is 0 Å². The minimum Gasteiger partial charge on any atom is -0.351 e. The van der Waals surface area contributed by atoms with E-state index in [2.05, 4.69) is 20.9 Å². The molecule has 7 heteroatoms. The van der Waals surface area contributed by atoms with Crippen LogP contribution in [0.4, 0.5) is 10.8 Å². The number of thiazole rings is 1. The van der Waals surface area contributed by atoms with Crippen molar-refractivity contribution in [1.29, 1.82) is 0 Å². The molecule has 0 spiro atoms. The van der Waals surface area contributed by atoms with Crippen molar-refractivity contribution in [3.63, 3.8) is 0 Å². The van der Waals surface area contributed by atoms with Gasteiger partial charge in [-0.25, -0.2) is 4.98 Å². The highest BCUT2D eigenvalue weighted by atomic mass is 32.1. The number of amides is 1. The first-order chi connectivity index (χ1) is 11.3. The molecule has 3 rings (SSSR count). The molecule has 5 nitrogen and oxygen atoms in total. The number of carbonyl (C=O) groups is 1. The zero-order valence-electron chi connectivity index (χ0n) is 12.8. The molecular weight excluding hydrogens is 328 g/mol. The molecule has 120 valence electrons. The van der Waals surface area contributed by atoms with Crippen LogP contribution >= 0.6 is 22.7 Å². The molecule has 2 aromatic heterocycles. The maximum atomic E-state index is 12.1. The molecule has 0 saturated heterocycles. The molecule has 1 amide bonds. The summed E-state index contributed by atoms with van der Waals surface area (Å²) >= 11 is 2.99. The normalized spacial score (nSPS) is 10.8. The number of rotatable bonds is 7. The van der Waals surface area contributed by atoms with E-state index in [1.54, 1.807) is 11.3 Å². The first kappa shape index (κ1) is 15.9. The summed E-state index contributed by atoms with van der Waals surface area (Å²) in [5, 5.41) is 10.1. The lowest BCUT2D eigenvalue weighted by molar-refractivity contribution is 0.0957. The third-order valence-corrected chi connectivity index (χ3v) is 5.30. The molecule has 2 heterocycles. The monoisotopic (exact) mass is 346 g/mol. The highest BCUT2D eigenvalue weighted by molar-refractivity contribution is 7.29. The lowest BCUT2D eigenvalue weighted by Crippen LogP contribution is -2.25. The van der Waals surface area contributed by atoms with Gasteiger partial charge in [0.25, 0.3) is 5.91 Å². The van der Waals surface area contributed by atoms with E-state index in [1.165, 1.54) is 11.3 Å². The molecule has 0 aliphatic carbocycles. The maximum absolute atomic E-state index is 12.1. The number of hydrogen-bond acceptors (Lipinski definition) is 6. The molecule has 3 aromatic rings. The van der Waals surface area contributed by atoms with Gasteiger partial charge in [-0.05, 0) is 38.2 Å². The first-order valence-corrected chi connectivity index (χ1v) is 9.05. The summed E-state index contributed by atoms with van der Waals surface area (Å²) in [6.45, 7) is 1.58. The van der Waals surface area contributed by atoms with E-state index >= 15 is 0 Å². The molecule has 0 radical (unpaired) electrons. The van der Waals surface area contributed by atoms with Crippen LogP contribution < -0.4 is 16.0 Å². The van der Waals surface area contributed by atoms with Crippen LogP contribution in [0.25, 0.3) is 9.53 Å². The molecule has 0 atom stereocenters. The Hall–Kier alpha value is -1.96. The van der Waals surface area contributed by atoms with Crippen molar-refractivity contribution in [2.45, 2.75) is 6.42 Å². The molecule has 23 heavy (non-hydrogen) atoms. The van der Waals surface area contributed by atoms with E-state index in [0.717, 1.165) is 38.2 Å². The van der Waals surface area contributed by atoms with Crippen LogP contribution in [0, 0.1) is 0 Å². The summed E-state index contributed by atoms with van der Waals surface area (Å²) in [4.78, 5) is 18.3. The van der Waals surface area contributed by atoms with Gasteiger partial charge in [-0.1, -0.05) is 29.5 Å². The number of benzene rings is 1. The Morgan fingerprint density at radius 3 is 2.74 bits per heavy atom. The predicted molar refractivity (Wildman–Crippen MR) is 98.1 cm³/mol. The zero-order chi connectivity index (χ0) is 16.1. The van der Waals surface area contributed by atoms with Crippen LogP contribution in [0.5, 0.6) is 0 Å². The largest absolute Gasteiger partial charge is 0.351 e. The number of fused-ring (bicyclic) bond motifs is 1. The summed E-state index contributed by atoms with van der Waals surface area (Å²) < 4.78 is 1.04. The summed E-state index contributed by atoms with van der Waals surface area (Å²) in [5.74, 6) is -0.0196. The molecule has 0 unspecified atom stereocenters. The molecule has 0 saturated carbocycles. The molecule has 0 fully saturated rings. The van der Waals surface area contributed by atoms with E-state index in [9.17, 15) is 4.79 Å². The number of nitrogens with zero attached hydrogens (tertiary/aromatic N) is 1. The minimum atomic E-state index is -0.0196. The lowest BCUT2D eigenvalue weighted by atomic mass is 10.3. The van der Waals surface area contributed by atoms with Gasteiger partial charge in [-0.15, -0.1) is 11.3 Å². The van der Waals surface area contributed by atoms with Crippen LogP contribution in [-0.4, -0.2) is 31.0 Å². The van der Waals surface area contributed by atoms with Crippen LogP contribution in [-0.2, 0) is 0 Å². The van der Waals surface area contributed by atoms with Gasteiger partial charge in [0, 0.05) is 12.2 Å². The molecule has 0 aliphatic heterocycles. The zero-order valence-corrected chi connectivity index (χ0v) is 14.4. The van der Waals surface area contributed by atoms with Crippen molar-refractivity contribution in [3.05, 3.63) is 41.3 Å². The third kappa shape index (κ3) is 4.07. The second-order valence-electron chi connectivity index (χ2n) is 5.00. The number of para-hydroxylation sites is 1. The van der Waals surface area contributed by atoms with Crippen molar-refractivity contribution >= 4 is 48.9 Å². The second kappa shape index (κ2) is 7.54. The smallest absolute Gasteiger partial charge is 0.261 e. The van der Waals surface area contributed by atoms with Crippen molar-refractivity contribution in [2.24, 2.45) is 0 Å². The fraction of sp³-hybridized carbons (Fsp3) is 0.250. The highest BCUT2D eigenvalue weighted by Gasteiger charge is 2.13. The summed E-state index contributed by atoms with van der Waals surface area (Å²) in [6, 6.07) is 11.9. The molecular formula is C16H18N4OS2. The van der Waals surface area contributed by atoms with Gasteiger partial charge < -0.3 is 16.0 Å². The number of nitrogens with one attached hydrogen (secondary N) is 3. The number of aromatic nitrogens is 1. The van der Waals surface area contributed by atoms with Crippen LogP contribution in [0.1, 0.15) is 16.1 Å². The first-order valence-electron chi connectivity index (χ1n) is 7.41. The lowest BCUT2D eigenvalue weighted by Gasteiger charge is -2.02. The van der Waals surface area contributed by atoms with Gasteiger partial charge in [-0.3, -0.25) is 4.79 Å². The van der Waals surface area contributed by atoms with Gasteiger partial charge in [-0.2, -0.15) is 0 Å². The van der Waals surface area contributed by atoms with Gasteiger partial charge in [0.1, 0.15) is 4.83 Å². The topological polar surface area (TPSA) is 66.0 Å². The SMILES string of the molecule is CNCCCNC(=O)c1cc2sc(Nc3ccccc3)nc2s1. The summed E-state index contributed by atoms with van der Waals surface area (Å²) in [7, 11) is 1.90. The minimum absolute atomic E-state index is 0.0196. The van der Waals surface area contributed by atoms with Gasteiger partial charge in [0.15, 0.2) is 5.13 Å². The Morgan fingerprint density at radius 2 is 2.00 bits per heavy atom. The third-order valence-electron chi connectivity index (χ3n) is 3.23. The van der Waals surface area contributed by atoms with Gasteiger partial charge in [0.2, 0.25) is 0 Å². The molecule has 1 aromatic carbocycles. The quantitative estimate of drug-likeness (QED) is 0.573. The average molecular weight is 346 g/mol. The van der Waals surface area contributed by atoms with Crippen molar-refractivity contribution in [1.82, 2.24) is 15.6 Å². The Balaban J connectivity index is 1.64. The number of hydrogen-bond donors (Lipinski definition) is 3. The Kier molecular flexibility index (Phi) is 5.22. The number of anilines is 2. The Labute approximate surface area is 142 Å². The van der Waals surface area contributed by atoms with E-state index in [1.807, 2.05) is 43.4 Å². The van der Waals surface area contributed by atoms with E-state index in [-0.39, 0.29) is 5.91 Å². The summed E-state index contributed by atoms with van der Waals surface area (Å²) in [5.41, 5.74) is 1.01. The second-order valence-corrected chi connectivity index (χ2v) is 7.06. The number of carbonyl (C=O) groups excluding carboxylic acids is 1. The fourth-order valence-corrected chi connectivity index (χ4v) is 4.15. The average Bonchev–Trinajstić information content (AvgIpc) is 3.11.